The van der Waals surface area contributed by atoms with E-state index in [0.29, 0.717) is 0 Å². The van der Waals surface area contributed by atoms with Gasteiger partial charge < -0.3 is 10.1 Å². The summed E-state index contributed by atoms with van der Waals surface area (Å²) >= 11 is 0. The smallest absolute Gasteiger partial charge is 0.106 e. The van der Waals surface area contributed by atoms with E-state index in [0.717, 1.165) is 25.9 Å². The lowest BCUT2D eigenvalue weighted by Crippen LogP contribution is -2.41. The van der Waals surface area contributed by atoms with Crippen LogP contribution in [0.2, 0.25) is 0 Å². The number of rotatable bonds is 7. The van der Waals surface area contributed by atoms with Gasteiger partial charge in [0.2, 0.25) is 0 Å². The van der Waals surface area contributed by atoms with Gasteiger partial charge in [-0.2, -0.15) is 5.26 Å². The largest absolute Gasteiger partial charge is 0.379 e. The van der Waals surface area contributed by atoms with Crippen LogP contribution in [0.1, 0.15) is 40.0 Å². The van der Waals surface area contributed by atoms with Crippen molar-refractivity contribution in [3.63, 3.8) is 0 Å². The van der Waals surface area contributed by atoms with Crippen molar-refractivity contribution in [2.75, 3.05) is 13.7 Å². The first-order chi connectivity index (χ1) is 6.60. The summed E-state index contributed by atoms with van der Waals surface area (Å²) in [6.45, 7) is 6.82. The van der Waals surface area contributed by atoms with Crippen LogP contribution in [0.15, 0.2) is 0 Å². The molecule has 0 aliphatic carbocycles. The Bertz CT molecular complexity index is 180. The van der Waals surface area contributed by atoms with Crippen molar-refractivity contribution in [2.24, 2.45) is 0 Å². The van der Waals surface area contributed by atoms with Gasteiger partial charge in [-0.1, -0.05) is 6.92 Å². The van der Waals surface area contributed by atoms with Crippen molar-refractivity contribution in [3.8, 4) is 6.07 Å². The fourth-order valence-electron chi connectivity index (χ4n) is 1.36. The summed E-state index contributed by atoms with van der Waals surface area (Å²) in [4.78, 5) is 0. The molecule has 0 spiro atoms. The third-order valence-electron chi connectivity index (χ3n) is 2.50. The number of nitrogens with one attached hydrogen (secondary N) is 1. The van der Waals surface area contributed by atoms with E-state index in [9.17, 15) is 0 Å². The Labute approximate surface area is 87.4 Å². The molecule has 0 radical (unpaired) electrons. The van der Waals surface area contributed by atoms with Crippen LogP contribution in [0.3, 0.4) is 0 Å². The Kier molecular flexibility index (Phi) is 6.52. The molecule has 0 aromatic carbocycles. The first-order valence-corrected chi connectivity index (χ1v) is 5.32. The average Bonchev–Trinajstić information content (AvgIpc) is 2.19. The van der Waals surface area contributed by atoms with Crippen LogP contribution >= 0.6 is 0 Å². The average molecular weight is 198 g/mol. The van der Waals surface area contributed by atoms with Gasteiger partial charge in [0.05, 0.1) is 12.2 Å². The summed E-state index contributed by atoms with van der Waals surface area (Å²) in [6, 6.07) is 2.34. The predicted octanol–water partition coefficient (Wildman–Crippen LogP) is 2.08. The minimum absolute atomic E-state index is 0.280. The van der Waals surface area contributed by atoms with Crippen LogP contribution in [0, 0.1) is 11.3 Å². The van der Waals surface area contributed by atoms with E-state index in [1.807, 2.05) is 27.8 Å². The van der Waals surface area contributed by atoms with Gasteiger partial charge in [0.25, 0.3) is 0 Å². The molecule has 0 saturated heterocycles. The van der Waals surface area contributed by atoms with E-state index in [-0.39, 0.29) is 11.6 Å². The van der Waals surface area contributed by atoms with Crippen LogP contribution in [0.25, 0.3) is 0 Å². The van der Waals surface area contributed by atoms with Crippen LogP contribution in [-0.2, 0) is 4.74 Å². The summed E-state index contributed by atoms with van der Waals surface area (Å²) in [7, 11) is 1.84. The summed E-state index contributed by atoms with van der Waals surface area (Å²) < 4.78 is 5.43. The van der Waals surface area contributed by atoms with E-state index in [1.54, 1.807) is 0 Å². The summed E-state index contributed by atoms with van der Waals surface area (Å²) in [5.41, 5.74) is -0.361. The number of nitriles is 1. The molecule has 1 unspecified atom stereocenters. The molecule has 0 aliphatic rings. The second-order valence-corrected chi connectivity index (χ2v) is 3.82. The lowest BCUT2D eigenvalue weighted by molar-refractivity contribution is 0.0729. The van der Waals surface area contributed by atoms with Crippen molar-refractivity contribution < 1.29 is 4.74 Å². The molecule has 3 heteroatoms. The standard InChI is InChI=1S/C11H22N2O/c1-5-11(9-12,13-4)7-6-8-14-10(2)3/h10,13H,5-8H2,1-4H3. The number of nitrogens with zero attached hydrogens (tertiary/aromatic N) is 1. The molecule has 1 atom stereocenters. The fourth-order valence-corrected chi connectivity index (χ4v) is 1.36. The molecule has 0 heterocycles. The lowest BCUT2D eigenvalue weighted by Gasteiger charge is -2.24. The zero-order valence-electron chi connectivity index (χ0n) is 9.76. The molecule has 1 N–H and O–H groups in total. The minimum Gasteiger partial charge on any atom is -0.379 e. The number of ether oxygens (including phenoxy) is 1. The Morgan fingerprint density at radius 1 is 1.50 bits per heavy atom. The lowest BCUT2D eigenvalue weighted by atomic mass is 9.92. The molecule has 3 nitrogen and oxygen atoms in total. The molecule has 0 amide bonds. The van der Waals surface area contributed by atoms with Crippen LogP contribution < -0.4 is 5.32 Å². The van der Waals surface area contributed by atoms with E-state index >= 15 is 0 Å². The zero-order valence-corrected chi connectivity index (χ0v) is 9.76. The third-order valence-corrected chi connectivity index (χ3v) is 2.50. The van der Waals surface area contributed by atoms with Gasteiger partial charge in [-0.05, 0) is 40.2 Å². The van der Waals surface area contributed by atoms with Crippen LogP contribution in [0.5, 0.6) is 0 Å². The SMILES string of the molecule is CCC(C#N)(CCCOC(C)C)NC. The molecule has 0 fully saturated rings. The van der Waals surface area contributed by atoms with Gasteiger partial charge in [0, 0.05) is 6.61 Å². The van der Waals surface area contributed by atoms with Crippen molar-refractivity contribution in [3.05, 3.63) is 0 Å². The molecule has 0 aromatic heterocycles. The highest BCUT2D eigenvalue weighted by Gasteiger charge is 2.24. The Morgan fingerprint density at radius 2 is 2.14 bits per heavy atom. The first-order valence-electron chi connectivity index (χ1n) is 5.32. The van der Waals surface area contributed by atoms with Gasteiger partial charge in [0.15, 0.2) is 0 Å². The normalized spacial score (nSPS) is 15.1. The molecular weight excluding hydrogens is 176 g/mol. The molecule has 0 aromatic rings. The summed E-state index contributed by atoms with van der Waals surface area (Å²) in [5.74, 6) is 0. The fraction of sp³-hybridized carbons (Fsp3) is 0.909. The Morgan fingerprint density at radius 3 is 2.50 bits per heavy atom. The number of hydrogen-bond donors (Lipinski definition) is 1. The number of hydrogen-bond acceptors (Lipinski definition) is 3. The van der Waals surface area contributed by atoms with Gasteiger partial charge >= 0.3 is 0 Å². The van der Waals surface area contributed by atoms with E-state index < -0.39 is 0 Å². The molecule has 14 heavy (non-hydrogen) atoms. The molecule has 0 saturated carbocycles. The monoisotopic (exact) mass is 198 g/mol. The molecule has 0 aliphatic heterocycles. The maximum absolute atomic E-state index is 9.03. The van der Waals surface area contributed by atoms with E-state index in [2.05, 4.69) is 11.4 Å². The van der Waals surface area contributed by atoms with Gasteiger partial charge in [0.1, 0.15) is 5.54 Å². The zero-order chi connectivity index (χ0) is 11.0. The van der Waals surface area contributed by atoms with Gasteiger partial charge in [-0.25, -0.2) is 0 Å². The molecule has 0 bridgehead atoms. The quantitative estimate of drug-likeness (QED) is 0.637. The Balaban J connectivity index is 3.79. The highest BCUT2D eigenvalue weighted by molar-refractivity contribution is 5.05. The highest BCUT2D eigenvalue weighted by Crippen LogP contribution is 2.15. The van der Waals surface area contributed by atoms with Crippen molar-refractivity contribution in [2.45, 2.75) is 51.7 Å². The van der Waals surface area contributed by atoms with Crippen molar-refractivity contribution >= 4 is 0 Å². The molecule has 0 rings (SSSR count). The second-order valence-electron chi connectivity index (χ2n) is 3.82. The first kappa shape index (κ1) is 13.4. The summed E-state index contributed by atoms with van der Waals surface area (Å²) in [5, 5.41) is 12.1. The Hall–Kier alpha value is -0.590. The maximum atomic E-state index is 9.03. The predicted molar refractivity (Wildman–Crippen MR) is 58.0 cm³/mol. The van der Waals surface area contributed by atoms with Crippen molar-refractivity contribution in [1.29, 1.82) is 5.26 Å². The van der Waals surface area contributed by atoms with Crippen molar-refractivity contribution in [1.82, 2.24) is 5.32 Å². The molecular formula is C11H22N2O. The topological polar surface area (TPSA) is 45.0 Å². The van der Waals surface area contributed by atoms with E-state index in [1.165, 1.54) is 0 Å². The summed E-state index contributed by atoms with van der Waals surface area (Å²) in [6.07, 6.45) is 2.90. The van der Waals surface area contributed by atoms with Crippen LogP contribution in [-0.4, -0.2) is 25.3 Å². The van der Waals surface area contributed by atoms with E-state index in [4.69, 9.17) is 10.00 Å². The molecule has 82 valence electrons. The highest BCUT2D eigenvalue weighted by atomic mass is 16.5. The van der Waals surface area contributed by atoms with Gasteiger partial charge in [-0.15, -0.1) is 0 Å². The second kappa shape index (κ2) is 6.80. The minimum atomic E-state index is -0.361. The van der Waals surface area contributed by atoms with Gasteiger partial charge in [-0.3, -0.25) is 0 Å². The third kappa shape index (κ3) is 4.59. The van der Waals surface area contributed by atoms with Crippen LogP contribution in [0.4, 0.5) is 0 Å². The maximum Gasteiger partial charge on any atom is 0.106 e.